The van der Waals surface area contributed by atoms with Crippen LogP contribution in [0.3, 0.4) is 0 Å². The van der Waals surface area contributed by atoms with Gasteiger partial charge in [0.1, 0.15) is 0 Å². The van der Waals surface area contributed by atoms with Crippen LogP contribution in [0.15, 0.2) is 12.1 Å². The number of nitrogens with one attached hydrogen (secondary N) is 2. The molecule has 1 aromatic rings. The first-order valence-electron chi connectivity index (χ1n) is 9.73. The third kappa shape index (κ3) is 5.51. The molecule has 156 valence electrons. The molecule has 0 spiro atoms. The number of quaternary nitrogens is 1. The number of rotatable bonds is 9. The Labute approximate surface area is 166 Å². The number of benzene rings is 1. The van der Waals surface area contributed by atoms with Crippen LogP contribution in [0.2, 0.25) is 0 Å². The molecule has 28 heavy (non-hydrogen) atoms. The van der Waals surface area contributed by atoms with Crippen LogP contribution in [0, 0.1) is 0 Å². The summed E-state index contributed by atoms with van der Waals surface area (Å²) in [5.74, 6) is 1.37. The van der Waals surface area contributed by atoms with Gasteiger partial charge in [-0.1, -0.05) is 13.3 Å². The van der Waals surface area contributed by atoms with Gasteiger partial charge in [-0.05, 0) is 18.6 Å². The van der Waals surface area contributed by atoms with E-state index in [-0.39, 0.29) is 11.8 Å². The van der Waals surface area contributed by atoms with E-state index in [0.717, 1.165) is 32.5 Å². The standard InChI is InChI=1S/C20H31N3O5/c1-5-6-7-21-18(24)14-22-8-10-23(11-9-22)20(25)15-12-16(26-2)19(28-4)17(13-15)27-3/h12-13H,5-11,14H2,1-4H3,(H,21,24)/p+1. The van der Waals surface area contributed by atoms with Crippen molar-refractivity contribution in [3.63, 3.8) is 0 Å². The summed E-state index contributed by atoms with van der Waals surface area (Å²) in [5.41, 5.74) is 0.496. The number of methoxy groups -OCH3 is 3. The third-order valence-corrected chi connectivity index (χ3v) is 4.93. The molecule has 0 atom stereocenters. The second-order valence-electron chi connectivity index (χ2n) is 6.84. The van der Waals surface area contributed by atoms with Crippen LogP contribution in [0.1, 0.15) is 30.1 Å². The SMILES string of the molecule is CCCCNC(=O)C[NH+]1CCN(C(=O)c2cc(OC)c(OC)c(OC)c2)CC1. The maximum Gasteiger partial charge on any atom is 0.275 e. The largest absolute Gasteiger partial charge is 0.493 e. The van der Waals surface area contributed by atoms with E-state index < -0.39 is 0 Å². The maximum absolute atomic E-state index is 12.9. The number of carbonyl (C=O) groups is 2. The highest BCUT2D eigenvalue weighted by atomic mass is 16.5. The number of amides is 2. The van der Waals surface area contributed by atoms with Gasteiger partial charge in [-0.15, -0.1) is 0 Å². The van der Waals surface area contributed by atoms with Crippen molar-refractivity contribution in [2.75, 3.05) is 60.6 Å². The highest BCUT2D eigenvalue weighted by Crippen LogP contribution is 2.38. The summed E-state index contributed by atoms with van der Waals surface area (Å²) in [6.07, 6.45) is 2.06. The van der Waals surface area contributed by atoms with Crippen molar-refractivity contribution in [2.24, 2.45) is 0 Å². The number of hydrogen-bond donors (Lipinski definition) is 2. The Morgan fingerprint density at radius 2 is 1.68 bits per heavy atom. The van der Waals surface area contributed by atoms with Gasteiger partial charge in [0.15, 0.2) is 18.0 Å². The Morgan fingerprint density at radius 3 is 2.18 bits per heavy atom. The van der Waals surface area contributed by atoms with Gasteiger partial charge in [0, 0.05) is 12.1 Å². The van der Waals surface area contributed by atoms with Crippen LogP contribution in [0.4, 0.5) is 0 Å². The highest BCUT2D eigenvalue weighted by molar-refractivity contribution is 5.95. The second kappa shape index (κ2) is 10.8. The van der Waals surface area contributed by atoms with E-state index in [0.29, 0.717) is 42.4 Å². The lowest BCUT2D eigenvalue weighted by Gasteiger charge is -2.32. The van der Waals surface area contributed by atoms with E-state index in [1.54, 1.807) is 17.0 Å². The van der Waals surface area contributed by atoms with Gasteiger partial charge in [-0.2, -0.15) is 0 Å². The Morgan fingerprint density at radius 1 is 1.07 bits per heavy atom. The monoisotopic (exact) mass is 394 g/mol. The molecule has 0 unspecified atom stereocenters. The molecule has 2 N–H and O–H groups in total. The van der Waals surface area contributed by atoms with E-state index >= 15 is 0 Å². The highest BCUT2D eigenvalue weighted by Gasteiger charge is 2.27. The first-order valence-corrected chi connectivity index (χ1v) is 9.73. The van der Waals surface area contributed by atoms with Gasteiger partial charge in [0.25, 0.3) is 11.8 Å². The smallest absolute Gasteiger partial charge is 0.275 e. The van der Waals surface area contributed by atoms with E-state index in [1.807, 2.05) is 0 Å². The average molecular weight is 394 g/mol. The van der Waals surface area contributed by atoms with Crippen molar-refractivity contribution in [3.05, 3.63) is 17.7 Å². The Hall–Kier alpha value is -2.48. The molecule has 1 aromatic carbocycles. The summed E-state index contributed by atoms with van der Waals surface area (Å²) in [7, 11) is 4.58. The molecule has 1 aliphatic rings. The molecule has 1 fully saturated rings. The predicted octanol–water partition coefficient (Wildman–Crippen LogP) is -0.0306. The average Bonchev–Trinajstić information content (AvgIpc) is 2.72. The number of unbranched alkanes of at least 4 members (excludes halogenated alkanes) is 1. The van der Waals surface area contributed by atoms with Gasteiger partial charge in [0.05, 0.1) is 47.5 Å². The summed E-state index contributed by atoms with van der Waals surface area (Å²) in [6, 6.07) is 3.34. The number of ether oxygens (including phenoxy) is 3. The minimum absolute atomic E-state index is 0.0767. The quantitative estimate of drug-likeness (QED) is 0.575. The summed E-state index contributed by atoms with van der Waals surface area (Å²) >= 11 is 0. The van der Waals surface area contributed by atoms with Crippen LogP contribution in [0.25, 0.3) is 0 Å². The molecule has 1 saturated heterocycles. The Kier molecular flexibility index (Phi) is 8.38. The molecule has 0 saturated carbocycles. The fourth-order valence-electron chi connectivity index (χ4n) is 3.28. The first-order chi connectivity index (χ1) is 13.5. The van der Waals surface area contributed by atoms with Crippen molar-refractivity contribution in [3.8, 4) is 17.2 Å². The number of hydrogen-bond acceptors (Lipinski definition) is 5. The molecular formula is C20H32N3O5+. The zero-order valence-corrected chi connectivity index (χ0v) is 17.3. The molecule has 1 aliphatic heterocycles. The number of piperazine rings is 1. The van der Waals surface area contributed by atoms with Gasteiger partial charge >= 0.3 is 0 Å². The van der Waals surface area contributed by atoms with Crippen molar-refractivity contribution >= 4 is 11.8 Å². The van der Waals surface area contributed by atoms with Crippen molar-refractivity contribution < 1.29 is 28.7 Å². The van der Waals surface area contributed by atoms with E-state index in [2.05, 4.69) is 12.2 Å². The molecule has 8 nitrogen and oxygen atoms in total. The van der Waals surface area contributed by atoms with Gasteiger partial charge in [-0.25, -0.2) is 0 Å². The molecule has 0 aromatic heterocycles. The normalized spacial score (nSPS) is 14.5. The molecule has 8 heteroatoms. The lowest BCUT2D eigenvalue weighted by atomic mass is 10.1. The van der Waals surface area contributed by atoms with Crippen molar-refractivity contribution in [1.82, 2.24) is 10.2 Å². The van der Waals surface area contributed by atoms with E-state index in [1.165, 1.54) is 26.2 Å². The van der Waals surface area contributed by atoms with E-state index in [9.17, 15) is 9.59 Å². The summed E-state index contributed by atoms with van der Waals surface area (Å²) in [4.78, 5) is 27.9. The van der Waals surface area contributed by atoms with Gasteiger partial charge in [0.2, 0.25) is 5.75 Å². The Bertz CT molecular complexity index is 647. The minimum Gasteiger partial charge on any atom is -0.493 e. The number of carbonyl (C=O) groups excluding carboxylic acids is 2. The summed E-state index contributed by atoms with van der Waals surface area (Å²) in [6.45, 7) is 5.99. The lowest BCUT2D eigenvalue weighted by Crippen LogP contribution is -3.15. The van der Waals surface area contributed by atoms with Crippen LogP contribution >= 0.6 is 0 Å². The lowest BCUT2D eigenvalue weighted by molar-refractivity contribution is -0.896. The molecule has 0 aliphatic carbocycles. The molecule has 2 amide bonds. The molecule has 0 bridgehead atoms. The third-order valence-electron chi connectivity index (χ3n) is 4.93. The molecular weight excluding hydrogens is 362 g/mol. The maximum atomic E-state index is 12.9. The first kappa shape index (κ1) is 21.8. The zero-order chi connectivity index (χ0) is 20.5. The van der Waals surface area contributed by atoms with Crippen molar-refractivity contribution in [2.45, 2.75) is 19.8 Å². The summed E-state index contributed by atoms with van der Waals surface area (Å²) < 4.78 is 16.0. The zero-order valence-electron chi connectivity index (χ0n) is 17.3. The fraction of sp³-hybridized carbons (Fsp3) is 0.600. The Balaban J connectivity index is 1.95. The topological polar surface area (TPSA) is 81.5 Å². The minimum atomic E-state index is -0.0781. The van der Waals surface area contributed by atoms with Gasteiger partial charge < -0.3 is 29.3 Å². The predicted molar refractivity (Wildman–Crippen MR) is 105 cm³/mol. The van der Waals surface area contributed by atoms with Crippen LogP contribution in [0.5, 0.6) is 17.2 Å². The second-order valence-corrected chi connectivity index (χ2v) is 6.84. The number of nitrogens with zero attached hydrogens (tertiary/aromatic N) is 1. The molecule has 0 radical (unpaired) electrons. The van der Waals surface area contributed by atoms with Crippen LogP contribution < -0.4 is 24.4 Å². The van der Waals surface area contributed by atoms with Gasteiger partial charge in [-0.3, -0.25) is 9.59 Å². The summed E-state index contributed by atoms with van der Waals surface area (Å²) in [5, 5.41) is 2.95. The fourth-order valence-corrected chi connectivity index (χ4v) is 3.28. The van der Waals surface area contributed by atoms with Crippen LogP contribution in [-0.2, 0) is 4.79 Å². The van der Waals surface area contributed by atoms with Crippen molar-refractivity contribution in [1.29, 1.82) is 0 Å². The molecule has 1 heterocycles. The van der Waals surface area contributed by atoms with Crippen LogP contribution in [-0.4, -0.2) is 77.3 Å². The van der Waals surface area contributed by atoms with E-state index in [4.69, 9.17) is 14.2 Å². The molecule has 2 rings (SSSR count).